The van der Waals surface area contributed by atoms with Crippen LogP contribution in [0, 0.1) is 12.8 Å². The molecule has 0 aliphatic carbocycles. The maximum atomic E-state index is 13.4. The molecule has 1 fully saturated rings. The van der Waals surface area contributed by atoms with E-state index in [9.17, 15) is 9.59 Å². The standard InChI is InChI=1S/C26H33N3O4/c1-4-21-17-29(22-15-18(2)9-10-24(22)33-21)26(31)28-13-11-19(12-14-28)25(30)27-16-20-7-5-6-8-23(20)32-3/h5-10,15,19,21H,4,11-14,16-17H2,1-3H3,(H,27,30)/t21-/m1/s1. The van der Waals surface area contributed by atoms with Crippen molar-refractivity contribution in [1.82, 2.24) is 10.2 Å². The quantitative estimate of drug-likeness (QED) is 0.742. The Morgan fingerprint density at radius 1 is 1.15 bits per heavy atom. The molecule has 0 saturated carbocycles. The van der Waals surface area contributed by atoms with Gasteiger partial charge >= 0.3 is 6.03 Å². The molecule has 7 nitrogen and oxygen atoms in total. The number of nitrogens with one attached hydrogen (secondary N) is 1. The lowest BCUT2D eigenvalue weighted by Crippen LogP contribution is -2.52. The zero-order valence-corrected chi connectivity index (χ0v) is 19.7. The smallest absolute Gasteiger partial charge is 0.324 e. The Morgan fingerprint density at radius 2 is 1.91 bits per heavy atom. The summed E-state index contributed by atoms with van der Waals surface area (Å²) in [5.74, 6) is 1.47. The molecule has 2 aromatic carbocycles. The molecule has 1 N–H and O–H groups in total. The van der Waals surface area contributed by atoms with E-state index in [0.717, 1.165) is 34.7 Å². The van der Waals surface area contributed by atoms with Gasteiger partial charge in [-0.05, 0) is 49.9 Å². The molecule has 2 heterocycles. The van der Waals surface area contributed by atoms with Gasteiger partial charge in [-0.1, -0.05) is 31.2 Å². The van der Waals surface area contributed by atoms with E-state index in [1.165, 1.54) is 0 Å². The molecule has 2 aliphatic rings. The first-order valence-electron chi connectivity index (χ1n) is 11.7. The lowest BCUT2D eigenvalue weighted by Gasteiger charge is -2.39. The number of likely N-dealkylation sites (tertiary alicyclic amines) is 1. The van der Waals surface area contributed by atoms with Crippen molar-refractivity contribution in [3.8, 4) is 11.5 Å². The Morgan fingerprint density at radius 3 is 2.64 bits per heavy atom. The van der Waals surface area contributed by atoms with Crippen molar-refractivity contribution in [2.75, 3.05) is 31.6 Å². The van der Waals surface area contributed by atoms with Gasteiger partial charge in [0.2, 0.25) is 5.91 Å². The second-order valence-electron chi connectivity index (χ2n) is 8.80. The molecule has 7 heteroatoms. The van der Waals surface area contributed by atoms with E-state index in [1.54, 1.807) is 7.11 Å². The van der Waals surface area contributed by atoms with Crippen LogP contribution >= 0.6 is 0 Å². The summed E-state index contributed by atoms with van der Waals surface area (Å²) in [5, 5.41) is 3.03. The second kappa shape index (κ2) is 10.1. The molecule has 4 rings (SSSR count). The van der Waals surface area contributed by atoms with Gasteiger partial charge in [-0.3, -0.25) is 9.69 Å². The van der Waals surface area contributed by atoms with Gasteiger partial charge in [0.05, 0.1) is 19.3 Å². The van der Waals surface area contributed by atoms with Crippen molar-refractivity contribution in [2.24, 2.45) is 5.92 Å². The Labute approximate surface area is 195 Å². The number of rotatable bonds is 5. The maximum Gasteiger partial charge on any atom is 0.324 e. The number of anilines is 1. The van der Waals surface area contributed by atoms with E-state index in [1.807, 2.05) is 59.2 Å². The third-order valence-corrected chi connectivity index (χ3v) is 6.55. The van der Waals surface area contributed by atoms with E-state index in [-0.39, 0.29) is 24.0 Å². The van der Waals surface area contributed by atoms with E-state index in [2.05, 4.69) is 12.2 Å². The predicted octanol–water partition coefficient (Wildman–Crippen LogP) is 4.13. The third kappa shape index (κ3) is 5.07. The number of ether oxygens (including phenoxy) is 2. The zero-order chi connectivity index (χ0) is 23.4. The number of hydrogen-bond acceptors (Lipinski definition) is 4. The normalized spacial score (nSPS) is 18.3. The van der Waals surface area contributed by atoms with E-state index in [0.29, 0.717) is 39.0 Å². The van der Waals surface area contributed by atoms with Crippen molar-refractivity contribution in [2.45, 2.75) is 45.8 Å². The number of aryl methyl sites for hydroxylation is 1. The lowest BCUT2D eigenvalue weighted by atomic mass is 9.96. The van der Waals surface area contributed by atoms with Crippen molar-refractivity contribution < 1.29 is 19.1 Å². The number of benzene rings is 2. The molecule has 0 radical (unpaired) electrons. The van der Waals surface area contributed by atoms with Gasteiger partial charge in [0.25, 0.3) is 0 Å². The molecule has 2 aromatic rings. The molecule has 1 saturated heterocycles. The Kier molecular flexibility index (Phi) is 7.06. The molecule has 0 unspecified atom stereocenters. The lowest BCUT2D eigenvalue weighted by molar-refractivity contribution is -0.126. The van der Waals surface area contributed by atoms with Gasteiger partial charge in [-0.15, -0.1) is 0 Å². The number of methoxy groups -OCH3 is 1. The highest BCUT2D eigenvalue weighted by Gasteiger charge is 2.34. The number of fused-ring (bicyclic) bond motifs is 1. The number of piperidine rings is 1. The summed E-state index contributed by atoms with van der Waals surface area (Å²) in [7, 11) is 1.63. The van der Waals surface area contributed by atoms with Crippen molar-refractivity contribution in [3.05, 3.63) is 53.6 Å². The van der Waals surface area contributed by atoms with Gasteiger partial charge in [0.15, 0.2) is 0 Å². The topological polar surface area (TPSA) is 71.1 Å². The van der Waals surface area contributed by atoms with Gasteiger partial charge in [-0.2, -0.15) is 0 Å². The summed E-state index contributed by atoms with van der Waals surface area (Å²) in [5.41, 5.74) is 2.88. The van der Waals surface area contributed by atoms with Crippen molar-refractivity contribution in [3.63, 3.8) is 0 Å². The number of carbonyl (C=O) groups excluding carboxylic acids is 2. The highest BCUT2D eigenvalue weighted by molar-refractivity contribution is 5.94. The summed E-state index contributed by atoms with van der Waals surface area (Å²) >= 11 is 0. The van der Waals surface area contributed by atoms with Crippen LogP contribution in [0.25, 0.3) is 0 Å². The van der Waals surface area contributed by atoms with Crippen LogP contribution in [0.2, 0.25) is 0 Å². The van der Waals surface area contributed by atoms with Crippen LogP contribution < -0.4 is 19.7 Å². The van der Waals surface area contributed by atoms with Crippen LogP contribution in [0.5, 0.6) is 11.5 Å². The van der Waals surface area contributed by atoms with Gasteiger partial charge in [-0.25, -0.2) is 4.79 Å². The predicted molar refractivity (Wildman–Crippen MR) is 128 cm³/mol. The molecular weight excluding hydrogens is 418 g/mol. The van der Waals surface area contributed by atoms with Crippen molar-refractivity contribution >= 4 is 17.6 Å². The fourth-order valence-electron chi connectivity index (χ4n) is 4.53. The molecule has 0 bridgehead atoms. The number of hydrogen-bond donors (Lipinski definition) is 1. The molecule has 176 valence electrons. The Balaban J connectivity index is 1.35. The molecule has 1 atom stereocenters. The minimum Gasteiger partial charge on any atom is -0.496 e. The third-order valence-electron chi connectivity index (χ3n) is 6.55. The zero-order valence-electron chi connectivity index (χ0n) is 19.7. The van der Waals surface area contributed by atoms with Crippen LogP contribution in [0.1, 0.15) is 37.3 Å². The largest absolute Gasteiger partial charge is 0.496 e. The minimum atomic E-state index is -0.0913. The molecule has 0 spiro atoms. The average Bonchev–Trinajstić information content (AvgIpc) is 2.86. The number of nitrogens with zero attached hydrogens (tertiary/aromatic N) is 2. The van der Waals surface area contributed by atoms with Crippen LogP contribution in [-0.2, 0) is 11.3 Å². The molecular formula is C26H33N3O4. The van der Waals surface area contributed by atoms with Gasteiger partial charge in [0.1, 0.15) is 17.6 Å². The van der Waals surface area contributed by atoms with Crippen LogP contribution in [0.15, 0.2) is 42.5 Å². The first kappa shape index (κ1) is 23.0. The molecule has 33 heavy (non-hydrogen) atoms. The maximum absolute atomic E-state index is 13.4. The summed E-state index contributed by atoms with van der Waals surface area (Å²) < 4.78 is 11.4. The fraction of sp³-hybridized carbons (Fsp3) is 0.462. The summed E-state index contributed by atoms with van der Waals surface area (Å²) in [6, 6.07) is 13.6. The summed E-state index contributed by atoms with van der Waals surface area (Å²) in [6.07, 6.45) is 2.14. The number of urea groups is 1. The Bertz CT molecular complexity index is 1000. The first-order chi connectivity index (χ1) is 16.0. The summed E-state index contributed by atoms with van der Waals surface area (Å²) in [6.45, 7) is 6.21. The van der Waals surface area contributed by atoms with E-state index in [4.69, 9.17) is 9.47 Å². The molecule has 2 aliphatic heterocycles. The monoisotopic (exact) mass is 451 g/mol. The van der Waals surface area contributed by atoms with Gasteiger partial charge < -0.3 is 19.7 Å². The van der Waals surface area contributed by atoms with E-state index < -0.39 is 0 Å². The minimum absolute atomic E-state index is 0.00326. The van der Waals surface area contributed by atoms with E-state index >= 15 is 0 Å². The molecule has 0 aromatic heterocycles. The fourth-order valence-corrected chi connectivity index (χ4v) is 4.53. The Hall–Kier alpha value is -3.22. The van der Waals surface area contributed by atoms with Crippen molar-refractivity contribution in [1.29, 1.82) is 0 Å². The average molecular weight is 452 g/mol. The number of amides is 3. The number of carbonyl (C=O) groups is 2. The SMILES string of the molecule is CC[C@@H]1CN(C(=O)N2CCC(C(=O)NCc3ccccc3OC)CC2)c2cc(C)ccc2O1. The van der Waals surface area contributed by atoms with Gasteiger partial charge in [0, 0.05) is 31.1 Å². The molecule has 3 amide bonds. The summed E-state index contributed by atoms with van der Waals surface area (Å²) in [4.78, 5) is 29.9. The first-order valence-corrected chi connectivity index (χ1v) is 11.7. The second-order valence-corrected chi connectivity index (χ2v) is 8.80. The van der Waals surface area contributed by atoms with Crippen LogP contribution in [0.4, 0.5) is 10.5 Å². The number of para-hydroxylation sites is 1. The van der Waals surface area contributed by atoms with Crippen LogP contribution in [-0.4, -0.2) is 49.7 Å². The highest BCUT2D eigenvalue weighted by atomic mass is 16.5. The highest BCUT2D eigenvalue weighted by Crippen LogP contribution is 2.36. The van der Waals surface area contributed by atoms with Crippen LogP contribution in [0.3, 0.4) is 0 Å².